The number of aromatic nitrogens is 4. The van der Waals surface area contributed by atoms with Crippen molar-refractivity contribution in [1.29, 1.82) is 0 Å². The quantitative estimate of drug-likeness (QED) is 0.529. The van der Waals surface area contributed by atoms with Crippen LogP contribution in [0, 0.1) is 0 Å². The van der Waals surface area contributed by atoms with Crippen molar-refractivity contribution in [2.45, 2.75) is 37.8 Å². The summed E-state index contributed by atoms with van der Waals surface area (Å²) in [6.45, 7) is 0. The second-order valence-corrected chi connectivity index (χ2v) is 6.90. The Hall–Kier alpha value is -3.37. The summed E-state index contributed by atoms with van der Waals surface area (Å²) in [5, 5.41) is 9.27. The Morgan fingerprint density at radius 1 is 1.24 bits per heavy atom. The fourth-order valence-corrected chi connectivity index (χ4v) is 3.48. The van der Waals surface area contributed by atoms with Crippen molar-refractivity contribution in [2.75, 3.05) is 5.01 Å². The Morgan fingerprint density at radius 2 is 2.10 bits per heavy atom. The van der Waals surface area contributed by atoms with Crippen molar-refractivity contribution in [3.8, 4) is 11.5 Å². The van der Waals surface area contributed by atoms with Crippen molar-refractivity contribution in [3.63, 3.8) is 0 Å². The molecule has 1 aliphatic carbocycles. The van der Waals surface area contributed by atoms with Crippen molar-refractivity contribution in [3.05, 3.63) is 48.7 Å². The van der Waals surface area contributed by atoms with Gasteiger partial charge in [-0.15, -0.1) is 10.2 Å². The number of nitrogens with zero attached hydrogens (tertiary/aromatic N) is 5. The standard InChI is InChI=1S/C19H22N8O2/c20-14-6-1-2-7-15(14)26-27(18-16(17(21)28)25-24-11-23-18)13-5-3-4-12(10-13)19-22-8-9-29-19/h3-5,8-11,14-15,26H,1-2,6-7,20H2,(H2,21,28)/t14-,15+/m0/s1. The number of anilines is 2. The number of primary amides is 1. The van der Waals surface area contributed by atoms with E-state index in [1.54, 1.807) is 11.2 Å². The Labute approximate surface area is 167 Å². The lowest BCUT2D eigenvalue weighted by Gasteiger charge is -2.35. The predicted octanol–water partition coefficient (Wildman–Crippen LogP) is 1.54. The van der Waals surface area contributed by atoms with E-state index in [9.17, 15) is 4.79 Å². The summed E-state index contributed by atoms with van der Waals surface area (Å²) in [6.07, 6.45) is 8.36. The number of benzene rings is 1. The van der Waals surface area contributed by atoms with Gasteiger partial charge in [0.1, 0.15) is 12.6 Å². The van der Waals surface area contributed by atoms with E-state index in [4.69, 9.17) is 15.9 Å². The Morgan fingerprint density at radius 3 is 2.86 bits per heavy atom. The molecular formula is C19H22N8O2. The predicted molar refractivity (Wildman–Crippen MR) is 106 cm³/mol. The molecule has 1 aliphatic rings. The number of carbonyl (C=O) groups excluding carboxylic acids is 1. The molecule has 0 aliphatic heterocycles. The zero-order valence-electron chi connectivity index (χ0n) is 15.7. The molecule has 150 valence electrons. The minimum atomic E-state index is -0.718. The molecule has 1 amide bonds. The first-order chi connectivity index (χ1) is 14.1. The largest absolute Gasteiger partial charge is 0.445 e. The Kier molecular flexibility index (Phi) is 5.45. The van der Waals surface area contributed by atoms with Gasteiger partial charge in [-0.3, -0.25) is 9.80 Å². The van der Waals surface area contributed by atoms with Crippen molar-refractivity contribution in [1.82, 2.24) is 25.6 Å². The highest BCUT2D eigenvalue weighted by Gasteiger charge is 2.27. The van der Waals surface area contributed by atoms with Crippen LogP contribution in [0.1, 0.15) is 36.2 Å². The molecular weight excluding hydrogens is 372 g/mol. The highest BCUT2D eigenvalue weighted by Crippen LogP contribution is 2.29. The van der Waals surface area contributed by atoms with E-state index >= 15 is 0 Å². The second-order valence-electron chi connectivity index (χ2n) is 6.90. The summed E-state index contributed by atoms with van der Waals surface area (Å²) < 4.78 is 5.41. The van der Waals surface area contributed by atoms with Gasteiger partial charge in [0.25, 0.3) is 5.91 Å². The molecule has 1 saturated carbocycles. The van der Waals surface area contributed by atoms with E-state index in [-0.39, 0.29) is 23.6 Å². The summed E-state index contributed by atoms with van der Waals surface area (Å²) in [5.41, 5.74) is 16.7. The van der Waals surface area contributed by atoms with E-state index in [0.29, 0.717) is 11.6 Å². The highest BCUT2D eigenvalue weighted by molar-refractivity contribution is 5.96. The van der Waals surface area contributed by atoms with E-state index in [1.807, 2.05) is 24.3 Å². The molecule has 2 atom stereocenters. The molecule has 5 N–H and O–H groups in total. The third kappa shape index (κ3) is 4.08. The zero-order chi connectivity index (χ0) is 20.2. The molecule has 0 saturated heterocycles. The molecule has 2 heterocycles. The summed E-state index contributed by atoms with van der Waals surface area (Å²) in [7, 11) is 0. The molecule has 10 nitrogen and oxygen atoms in total. The Bertz CT molecular complexity index is 978. The van der Waals surface area contributed by atoms with Gasteiger partial charge in [-0.2, -0.15) is 0 Å². The number of hydrogen-bond donors (Lipinski definition) is 3. The fourth-order valence-electron chi connectivity index (χ4n) is 3.48. The average Bonchev–Trinajstić information content (AvgIpc) is 3.28. The maximum Gasteiger partial charge on any atom is 0.273 e. The minimum absolute atomic E-state index is 0.00448. The van der Waals surface area contributed by atoms with Gasteiger partial charge < -0.3 is 15.9 Å². The van der Waals surface area contributed by atoms with Crippen LogP contribution in [0.15, 0.2) is 47.5 Å². The van der Waals surface area contributed by atoms with Crippen molar-refractivity contribution < 1.29 is 9.21 Å². The molecule has 29 heavy (non-hydrogen) atoms. The van der Waals surface area contributed by atoms with Crippen LogP contribution in [0.2, 0.25) is 0 Å². The monoisotopic (exact) mass is 394 g/mol. The first kappa shape index (κ1) is 19.0. The minimum Gasteiger partial charge on any atom is -0.445 e. The van der Waals surface area contributed by atoms with Crippen LogP contribution in [0.5, 0.6) is 0 Å². The first-order valence-corrected chi connectivity index (χ1v) is 9.43. The van der Waals surface area contributed by atoms with E-state index in [2.05, 4.69) is 25.6 Å². The van der Waals surface area contributed by atoms with Gasteiger partial charge in [0, 0.05) is 17.6 Å². The third-order valence-electron chi connectivity index (χ3n) is 4.94. The molecule has 0 unspecified atom stereocenters. The topological polar surface area (TPSA) is 149 Å². The van der Waals surface area contributed by atoms with Crippen molar-refractivity contribution in [2.24, 2.45) is 11.5 Å². The lowest BCUT2D eigenvalue weighted by Crippen LogP contribution is -2.53. The number of hydrazine groups is 1. The van der Waals surface area contributed by atoms with Gasteiger partial charge in [0.05, 0.1) is 11.9 Å². The van der Waals surface area contributed by atoms with Crippen LogP contribution < -0.4 is 21.9 Å². The van der Waals surface area contributed by atoms with Gasteiger partial charge in [-0.25, -0.2) is 15.4 Å². The maximum absolute atomic E-state index is 11.9. The van der Waals surface area contributed by atoms with Crippen LogP contribution in [0.3, 0.4) is 0 Å². The van der Waals surface area contributed by atoms with Gasteiger partial charge in [0.2, 0.25) is 5.89 Å². The third-order valence-corrected chi connectivity index (χ3v) is 4.94. The lowest BCUT2D eigenvalue weighted by molar-refractivity contribution is 0.0994. The van der Waals surface area contributed by atoms with Gasteiger partial charge in [0.15, 0.2) is 11.5 Å². The van der Waals surface area contributed by atoms with Crippen LogP contribution >= 0.6 is 0 Å². The Balaban J connectivity index is 1.77. The summed E-state index contributed by atoms with van der Waals surface area (Å²) in [4.78, 5) is 20.4. The lowest BCUT2D eigenvalue weighted by atomic mass is 9.91. The summed E-state index contributed by atoms with van der Waals surface area (Å²) in [6, 6.07) is 7.48. The van der Waals surface area contributed by atoms with Gasteiger partial charge in [-0.1, -0.05) is 18.9 Å². The van der Waals surface area contributed by atoms with Gasteiger partial charge >= 0.3 is 0 Å². The maximum atomic E-state index is 11.9. The number of rotatable bonds is 6. The average molecular weight is 394 g/mol. The normalized spacial score (nSPS) is 19.1. The number of nitrogens with one attached hydrogen (secondary N) is 1. The second kappa shape index (κ2) is 8.33. The number of nitrogens with two attached hydrogens (primary N) is 2. The molecule has 3 aromatic rings. The molecule has 1 fully saturated rings. The van der Waals surface area contributed by atoms with Crippen LogP contribution in [0.4, 0.5) is 11.5 Å². The number of hydrogen-bond acceptors (Lipinski definition) is 9. The number of carbonyl (C=O) groups is 1. The molecule has 1 aromatic carbocycles. The van der Waals surface area contributed by atoms with Crippen LogP contribution in [-0.2, 0) is 0 Å². The molecule has 0 radical (unpaired) electrons. The number of oxazole rings is 1. The summed E-state index contributed by atoms with van der Waals surface area (Å²) >= 11 is 0. The molecule has 10 heteroatoms. The van der Waals surface area contributed by atoms with Crippen LogP contribution in [0.25, 0.3) is 11.5 Å². The molecule has 0 spiro atoms. The smallest absolute Gasteiger partial charge is 0.273 e. The molecule has 2 aromatic heterocycles. The zero-order valence-corrected chi connectivity index (χ0v) is 15.7. The van der Waals surface area contributed by atoms with E-state index in [1.165, 1.54) is 12.6 Å². The SMILES string of the molecule is NC(=O)c1nncnc1N(N[C@@H]1CCCC[C@@H]1N)c1cccc(-c2ncco2)c1. The van der Waals surface area contributed by atoms with E-state index in [0.717, 1.165) is 31.2 Å². The van der Waals surface area contributed by atoms with Crippen molar-refractivity contribution >= 4 is 17.4 Å². The van der Waals surface area contributed by atoms with E-state index < -0.39 is 5.91 Å². The van der Waals surface area contributed by atoms with Crippen LogP contribution in [-0.4, -0.2) is 38.2 Å². The molecule has 0 bridgehead atoms. The highest BCUT2D eigenvalue weighted by atomic mass is 16.3. The number of amides is 1. The fraction of sp³-hybridized carbons (Fsp3) is 0.316. The van der Waals surface area contributed by atoms with Gasteiger partial charge in [-0.05, 0) is 31.0 Å². The molecule has 4 rings (SSSR count). The first-order valence-electron chi connectivity index (χ1n) is 9.43. The summed E-state index contributed by atoms with van der Waals surface area (Å²) in [5.74, 6) is 0.0242.